The van der Waals surface area contributed by atoms with Crippen molar-refractivity contribution in [3.05, 3.63) is 53.6 Å². The summed E-state index contributed by atoms with van der Waals surface area (Å²) in [5.41, 5.74) is 2.16. The smallest absolute Gasteiger partial charge is 0.286 e. The van der Waals surface area contributed by atoms with E-state index in [-0.39, 0.29) is 10.7 Å². The molecule has 24 heavy (non-hydrogen) atoms. The zero-order valence-electron chi connectivity index (χ0n) is 13.8. The van der Waals surface area contributed by atoms with Crippen molar-refractivity contribution in [2.45, 2.75) is 21.8 Å². The van der Waals surface area contributed by atoms with E-state index in [1.807, 2.05) is 30.3 Å². The second-order valence-electron chi connectivity index (χ2n) is 5.54. The zero-order chi connectivity index (χ0) is 17.1. The van der Waals surface area contributed by atoms with Crippen LogP contribution in [0.25, 0.3) is 0 Å². The van der Waals surface area contributed by atoms with Gasteiger partial charge in [0.05, 0.1) is 18.6 Å². The summed E-state index contributed by atoms with van der Waals surface area (Å²) in [6, 6.07) is 14.1. The molecule has 0 N–H and O–H groups in total. The number of carbonyl (C=O) groups is 1. The van der Waals surface area contributed by atoms with Crippen LogP contribution in [0, 0.1) is 0 Å². The van der Waals surface area contributed by atoms with Crippen molar-refractivity contribution < 1.29 is 14.3 Å². The lowest BCUT2D eigenvalue weighted by molar-refractivity contribution is 0.0925. The molecule has 2 aromatic carbocycles. The van der Waals surface area contributed by atoms with E-state index < -0.39 is 0 Å². The Bertz CT molecular complexity index is 749. The van der Waals surface area contributed by atoms with Crippen molar-refractivity contribution in [1.29, 1.82) is 0 Å². The molecule has 0 bridgehead atoms. The second kappa shape index (κ2) is 7.51. The van der Waals surface area contributed by atoms with E-state index >= 15 is 0 Å². The fraction of sp³-hybridized carbons (Fsp3) is 0.278. The highest BCUT2D eigenvalue weighted by molar-refractivity contribution is 8.13. The van der Waals surface area contributed by atoms with E-state index in [1.54, 1.807) is 37.9 Å². The van der Waals surface area contributed by atoms with Gasteiger partial charge in [-0.05, 0) is 41.1 Å². The molecule has 6 heteroatoms. The molecule has 3 rings (SSSR count). The minimum absolute atomic E-state index is 0.0342. The Morgan fingerprint density at radius 3 is 2.83 bits per heavy atom. The first-order chi connectivity index (χ1) is 11.6. The monoisotopic (exact) mass is 361 g/mol. The lowest BCUT2D eigenvalue weighted by atomic mass is 10.2. The molecule has 1 amide bonds. The number of methoxy groups -OCH3 is 1. The largest absolute Gasteiger partial charge is 0.496 e. The molecule has 0 fully saturated rings. The van der Waals surface area contributed by atoms with Gasteiger partial charge in [-0.1, -0.05) is 36.0 Å². The van der Waals surface area contributed by atoms with E-state index in [2.05, 4.69) is 12.1 Å². The number of ether oxygens (including phenoxy) is 2. The molecular weight excluding hydrogens is 342 g/mol. The molecule has 0 aliphatic carbocycles. The molecule has 1 unspecified atom stereocenters. The van der Waals surface area contributed by atoms with Crippen molar-refractivity contribution in [2.75, 3.05) is 21.2 Å². The number of benzene rings is 2. The average Bonchev–Trinajstić information content (AvgIpc) is 2.61. The Morgan fingerprint density at radius 1 is 1.29 bits per heavy atom. The fourth-order valence-electron chi connectivity index (χ4n) is 2.32. The Balaban J connectivity index is 1.85. The van der Waals surface area contributed by atoms with Gasteiger partial charge in [-0.15, -0.1) is 0 Å². The predicted octanol–water partition coefficient (Wildman–Crippen LogP) is 4.79. The number of hydrogen-bond donors (Lipinski definition) is 0. The van der Waals surface area contributed by atoms with Gasteiger partial charge in [0.1, 0.15) is 11.2 Å². The second-order valence-corrected chi connectivity index (χ2v) is 7.64. The quantitative estimate of drug-likeness (QED) is 0.735. The summed E-state index contributed by atoms with van der Waals surface area (Å²) >= 11 is 2.85. The van der Waals surface area contributed by atoms with Crippen molar-refractivity contribution in [3.63, 3.8) is 0 Å². The number of nitrogens with zero attached hydrogens (tertiary/aromatic N) is 1. The third-order valence-electron chi connectivity index (χ3n) is 3.62. The lowest BCUT2D eigenvalue weighted by Crippen LogP contribution is -2.16. The molecule has 0 spiro atoms. The van der Waals surface area contributed by atoms with Crippen molar-refractivity contribution in [3.8, 4) is 5.75 Å². The first-order valence-corrected chi connectivity index (χ1v) is 9.21. The van der Waals surface area contributed by atoms with Crippen molar-refractivity contribution in [1.82, 2.24) is 4.90 Å². The SMILES string of the molecule is COc1ccc(C2OCc3ccccc3S2)cc1SC(=O)N(C)C. The van der Waals surface area contributed by atoms with E-state index in [0.29, 0.717) is 12.4 Å². The third kappa shape index (κ3) is 3.71. The van der Waals surface area contributed by atoms with Gasteiger partial charge in [-0.25, -0.2) is 0 Å². The summed E-state index contributed by atoms with van der Waals surface area (Å²) in [6.45, 7) is 0.596. The molecule has 0 radical (unpaired) electrons. The molecule has 1 atom stereocenters. The van der Waals surface area contributed by atoms with Crippen LogP contribution in [0.1, 0.15) is 16.6 Å². The Labute approximate surface area is 150 Å². The van der Waals surface area contributed by atoms with Crippen LogP contribution in [0.15, 0.2) is 52.3 Å². The van der Waals surface area contributed by atoms with E-state index in [4.69, 9.17) is 9.47 Å². The highest BCUT2D eigenvalue weighted by Gasteiger charge is 2.23. The first-order valence-electron chi connectivity index (χ1n) is 7.51. The number of rotatable bonds is 3. The number of carbonyl (C=O) groups excluding carboxylic acids is 1. The van der Waals surface area contributed by atoms with E-state index in [0.717, 1.165) is 22.2 Å². The Kier molecular flexibility index (Phi) is 5.38. The van der Waals surface area contributed by atoms with Crippen LogP contribution in [-0.4, -0.2) is 31.3 Å². The van der Waals surface area contributed by atoms with Crippen molar-refractivity contribution >= 4 is 28.8 Å². The summed E-state index contributed by atoms with van der Waals surface area (Å²) in [6.07, 6.45) is 0. The number of hydrogen-bond acceptors (Lipinski definition) is 5. The number of fused-ring (bicyclic) bond motifs is 1. The van der Waals surface area contributed by atoms with Gasteiger partial charge in [0.2, 0.25) is 0 Å². The summed E-state index contributed by atoms with van der Waals surface area (Å²) < 4.78 is 11.4. The molecule has 1 aliphatic rings. The maximum atomic E-state index is 12.0. The van der Waals surface area contributed by atoms with Gasteiger partial charge in [-0.3, -0.25) is 4.79 Å². The average molecular weight is 361 g/mol. The maximum absolute atomic E-state index is 12.0. The Hall–Kier alpha value is -1.63. The molecule has 0 saturated carbocycles. The van der Waals surface area contributed by atoms with Crippen LogP contribution in [0.5, 0.6) is 5.75 Å². The predicted molar refractivity (Wildman–Crippen MR) is 97.8 cm³/mol. The molecule has 0 aromatic heterocycles. The van der Waals surface area contributed by atoms with E-state index in [1.165, 1.54) is 10.5 Å². The summed E-state index contributed by atoms with van der Waals surface area (Å²) in [5.74, 6) is 0.695. The van der Waals surface area contributed by atoms with Crippen LogP contribution < -0.4 is 4.74 Å². The minimum atomic E-state index is -0.0837. The highest BCUT2D eigenvalue weighted by atomic mass is 32.2. The van der Waals surface area contributed by atoms with Crippen LogP contribution in [0.2, 0.25) is 0 Å². The highest BCUT2D eigenvalue weighted by Crippen LogP contribution is 2.44. The molecule has 1 aliphatic heterocycles. The zero-order valence-corrected chi connectivity index (χ0v) is 15.4. The van der Waals surface area contributed by atoms with Crippen molar-refractivity contribution in [2.24, 2.45) is 0 Å². The van der Waals surface area contributed by atoms with Gasteiger partial charge in [0.15, 0.2) is 0 Å². The molecule has 126 valence electrons. The normalized spacial score (nSPS) is 16.4. The van der Waals surface area contributed by atoms with Crippen LogP contribution in [0.4, 0.5) is 4.79 Å². The Morgan fingerprint density at radius 2 is 2.08 bits per heavy atom. The van der Waals surface area contributed by atoms with Crippen LogP contribution in [0.3, 0.4) is 0 Å². The standard InChI is InChI=1S/C18H19NO3S2/c1-19(2)18(20)24-16-10-12(8-9-14(16)21-3)17-22-11-13-6-4-5-7-15(13)23-17/h4-10,17H,11H2,1-3H3. The van der Waals surface area contributed by atoms with Gasteiger partial charge in [-0.2, -0.15) is 0 Å². The molecular formula is C18H19NO3S2. The molecule has 4 nitrogen and oxygen atoms in total. The first kappa shape index (κ1) is 17.2. The van der Waals surface area contributed by atoms with Gasteiger partial charge in [0, 0.05) is 19.0 Å². The summed E-state index contributed by atoms with van der Waals surface area (Å²) in [4.78, 5) is 15.6. The number of amides is 1. The third-order valence-corrected chi connectivity index (χ3v) is 5.97. The van der Waals surface area contributed by atoms with Gasteiger partial charge in [0.25, 0.3) is 5.24 Å². The topological polar surface area (TPSA) is 38.8 Å². The lowest BCUT2D eigenvalue weighted by Gasteiger charge is -2.25. The fourth-order valence-corrected chi connectivity index (χ4v) is 4.22. The van der Waals surface area contributed by atoms with E-state index in [9.17, 15) is 4.79 Å². The molecule has 1 heterocycles. The number of thioether (sulfide) groups is 2. The van der Waals surface area contributed by atoms with Crippen LogP contribution >= 0.6 is 23.5 Å². The maximum Gasteiger partial charge on any atom is 0.286 e. The summed E-state index contributed by atoms with van der Waals surface area (Å²) in [5, 5.41) is -0.0342. The minimum Gasteiger partial charge on any atom is -0.496 e. The molecule has 2 aromatic rings. The van der Waals surface area contributed by atoms with Gasteiger partial charge < -0.3 is 14.4 Å². The molecule has 0 saturated heterocycles. The summed E-state index contributed by atoms with van der Waals surface area (Å²) in [7, 11) is 5.09. The van der Waals surface area contributed by atoms with Crippen LogP contribution in [-0.2, 0) is 11.3 Å². The van der Waals surface area contributed by atoms with Gasteiger partial charge >= 0.3 is 0 Å².